The van der Waals surface area contributed by atoms with Gasteiger partial charge in [0.25, 0.3) is 11.6 Å². The zero-order valence-electron chi connectivity index (χ0n) is 17.3. The Morgan fingerprint density at radius 3 is 2.34 bits per heavy atom. The van der Waals surface area contributed by atoms with Gasteiger partial charge in [-0.15, -0.1) is 0 Å². The minimum Gasteiger partial charge on any atom is -0.490 e. The lowest BCUT2D eigenvalue weighted by atomic mass is 10.2. The summed E-state index contributed by atoms with van der Waals surface area (Å²) in [5.74, 6) is 0.523. The van der Waals surface area contributed by atoms with Gasteiger partial charge in [0.05, 0.1) is 9.83 Å². The third kappa shape index (κ3) is 5.00. The predicted octanol–water partition coefficient (Wildman–Crippen LogP) is 3.95. The van der Waals surface area contributed by atoms with Crippen LogP contribution in [0.15, 0.2) is 71.1 Å². The Hall–Kier alpha value is -3.59. The van der Waals surface area contributed by atoms with Crippen LogP contribution in [0.1, 0.15) is 5.56 Å². The number of carbonyl (C=O) groups excluding carboxylic acids is 1. The minimum atomic E-state index is -0.398. The lowest BCUT2D eigenvalue weighted by Gasteiger charge is -2.36. The number of non-ortho nitro benzene ring substituents is 1. The number of nitro benzene ring substituents is 1. The van der Waals surface area contributed by atoms with Crippen molar-refractivity contribution in [3.05, 3.63) is 81.8 Å². The number of ether oxygens (including phenoxy) is 1. The molecule has 1 saturated heterocycles. The Labute approximate surface area is 190 Å². The molecule has 4 rings (SSSR count). The minimum absolute atomic E-state index is 0.0841. The molecule has 32 heavy (non-hydrogen) atoms. The first kappa shape index (κ1) is 21.6. The second-order valence-corrected chi connectivity index (χ2v) is 8.24. The number of thioether (sulfide) groups is 1. The summed E-state index contributed by atoms with van der Waals surface area (Å²) in [6.45, 7) is 7.01. The first-order valence-corrected chi connectivity index (χ1v) is 11.0. The number of nitro groups is 1. The molecule has 0 unspecified atom stereocenters. The summed E-state index contributed by atoms with van der Waals surface area (Å²) in [5, 5.41) is 11.5. The molecule has 2 heterocycles. The van der Waals surface area contributed by atoms with Crippen LogP contribution in [-0.4, -0.2) is 53.7 Å². The summed E-state index contributed by atoms with van der Waals surface area (Å²) in [6.07, 6.45) is 3.53. The normalized spacial score (nSPS) is 17.4. The van der Waals surface area contributed by atoms with Gasteiger partial charge in [-0.3, -0.25) is 14.9 Å². The number of piperazine rings is 1. The Morgan fingerprint density at radius 2 is 1.72 bits per heavy atom. The maximum Gasteiger partial charge on any atom is 0.286 e. The van der Waals surface area contributed by atoms with E-state index in [9.17, 15) is 14.9 Å². The molecule has 164 valence electrons. The van der Waals surface area contributed by atoms with Crippen LogP contribution in [-0.2, 0) is 4.79 Å². The molecule has 2 aliphatic heterocycles. The fraction of sp³-hybridized carbons (Fsp3) is 0.217. The van der Waals surface area contributed by atoms with Crippen molar-refractivity contribution in [2.24, 2.45) is 4.99 Å². The van der Waals surface area contributed by atoms with Gasteiger partial charge in [0.2, 0.25) is 0 Å². The molecule has 0 atom stereocenters. The van der Waals surface area contributed by atoms with Gasteiger partial charge in [0.1, 0.15) is 12.4 Å². The molecule has 0 aromatic heterocycles. The van der Waals surface area contributed by atoms with E-state index < -0.39 is 4.92 Å². The largest absolute Gasteiger partial charge is 0.490 e. The third-order valence-electron chi connectivity index (χ3n) is 5.13. The first-order valence-electron chi connectivity index (χ1n) is 10.1. The van der Waals surface area contributed by atoms with Crippen LogP contribution in [0.2, 0.25) is 0 Å². The van der Waals surface area contributed by atoms with E-state index in [1.807, 2.05) is 30.3 Å². The molecule has 0 bridgehead atoms. The molecule has 2 aromatic rings. The SMILES string of the molecule is C=CCOc1ccc(C=C2SC(N3CCN(c4ccc([N+](=O)[O-])cc4)CC3)=NC2=O)cc1. The van der Waals surface area contributed by atoms with Gasteiger partial charge in [-0.05, 0) is 47.7 Å². The highest BCUT2D eigenvalue weighted by Gasteiger charge is 2.28. The number of carbonyl (C=O) groups is 1. The zero-order chi connectivity index (χ0) is 22.5. The molecule has 0 aliphatic carbocycles. The second kappa shape index (κ2) is 9.69. The average molecular weight is 451 g/mol. The predicted molar refractivity (Wildman–Crippen MR) is 127 cm³/mol. The molecule has 9 heteroatoms. The summed E-state index contributed by atoms with van der Waals surface area (Å²) >= 11 is 1.39. The number of hydrogen-bond acceptors (Lipinski definition) is 7. The highest BCUT2D eigenvalue weighted by molar-refractivity contribution is 8.18. The fourth-order valence-corrected chi connectivity index (χ4v) is 4.41. The van der Waals surface area contributed by atoms with Crippen molar-refractivity contribution in [3.63, 3.8) is 0 Å². The van der Waals surface area contributed by atoms with Gasteiger partial charge in [0.15, 0.2) is 5.17 Å². The van der Waals surface area contributed by atoms with Crippen LogP contribution >= 0.6 is 11.8 Å². The summed E-state index contributed by atoms with van der Waals surface area (Å²) in [4.78, 5) is 32.0. The number of benzene rings is 2. The topological polar surface area (TPSA) is 88.3 Å². The van der Waals surface area contributed by atoms with Gasteiger partial charge in [0, 0.05) is 44.0 Å². The van der Waals surface area contributed by atoms with E-state index in [1.165, 1.54) is 23.9 Å². The number of rotatable bonds is 6. The molecule has 2 aliphatic rings. The molecule has 8 nitrogen and oxygen atoms in total. The van der Waals surface area contributed by atoms with E-state index in [0.29, 0.717) is 11.5 Å². The van der Waals surface area contributed by atoms with Gasteiger partial charge in [-0.1, -0.05) is 24.8 Å². The van der Waals surface area contributed by atoms with Crippen LogP contribution in [0, 0.1) is 10.1 Å². The van der Waals surface area contributed by atoms with Crippen LogP contribution in [0.4, 0.5) is 11.4 Å². The number of anilines is 1. The lowest BCUT2D eigenvalue weighted by molar-refractivity contribution is -0.384. The Balaban J connectivity index is 1.34. The highest BCUT2D eigenvalue weighted by atomic mass is 32.2. The maximum absolute atomic E-state index is 12.4. The van der Waals surface area contributed by atoms with E-state index in [1.54, 1.807) is 18.2 Å². The van der Waals surface area contributed by atoms with E-state index >= 15 is 0 Å². The van der Waals surface area contributed by atoms with Crippen molar-refractivity contribution in [3.8, 4) is 5.75 Å². The molecule has 0 radical (unpaired) electrons. The molecule has 1 amide bonds. The van der Waals surface area contributed by atoms with E-state index in [0.717, 1.165) is 48.3 Å². The van der Waals surface area contributed by atoms with Gasteiger partial charge in [-0.25, -0.2) is 0 Å². The molecule has 0 N–H and O–H groups in total. The molecular formula is C23H22N4O4S. The maximum atomic E-state index is 12.4. The number of amides is 1. The Bertz CT molecular complexity index is 1070. The van der Waals surface area contributed by atoms with Crippen molar-refractivity contribution in [2.45, 2.75) is 0 Å². The summed E-state index contributed by atoms with van der Waals surface area (Å²) in [5.41, 5.74) is 1.94. The number of nitrogens with zero attached hydrogens (tertiary/aromatic N) is 4. The average Bonchev–Trinajstić information content (AvgIpc) is 3.19. The summed E-state index contributed by atoms with van der Waals surface area (Å²) in [6, 6.07) is 14.1. The summed E-state index contributed by atoms with van der Waals surface area (Å²) < 4.78 is 5.48. The van der Waals surface area contributed by atoms with Gasteiger partial charge in [-0.2, -0.15) is 4.99 Å². The van der Waals surface area contributed by atoms with Crippen molar-refractivity contribution < 1.29 is 14.5 Å². The van der Waals surface area contributed by atoms with Gasteiger partial charge < -0.3 is 14.5 Å². The van der Waals surface area contributed by atoms with Crippen LogP contribution in [0.5, 0.6) is 5.75 Å². The second-order valence-electron chi connectivity index (χ2n) is 7.23. The quantitative estimate of drug-likeness (QED) is 0.285. The smallest absolute Gasteiger partial charge is 0.286 e. The Morgan fingerprint density at radius 1 is 1.06 bits per heavy atom. The molecule has 0 spiro atoms. The fourth-order valence-electron chi connectivity index (χ4n) is 3.44. The molecule has 2 aromatic carbocycles. The molecule has 1 fully saturated rings. The van der Waals surface area contributed by atoms with E-state index in [4.69, 9.17) is 4.74 Å². The highest BCUT2D eigenvalue weighted by Crippen LogP contribution is 2.31. The van der Waals surface area contributed by atoms with E-state index in [2.05, 4.69) is 21.4 Å². The van der Waals surface area contributed by atoms with Gasteiger partial charge >= 0.3 is 0 Å². The number of hydrogen-bond donors (Lipinski definition) is 0. The van der Waals surface area contributed by atoms with Crippen molar-refractivity contribution in [2.75, 3.05) is 37.7 Å². The van der Waals surface area contributed by atoms with Crippen LogP contribution in [0.3, 0.4) is 0 Å². The van der Waals surface area contributed by atoms with Crippen LogP contribution in [0.25, 0.3) is 6.08 Å². The van der Waals surface area contributed by atoms with E-state index in [-0.39, 0.29) is 11.6 Å². The first-order chi connectivity index (χ1) is 15.5. The lowest BCUT2D eigenvalue weighted by Crippen LogP contribution is -2.47. The van der Waals surface area contributed by atoms with Crippen molar-refractivity contribution >= 4 is 40.3 Å². The van der Waals surface area contributed by atoms with Crippen molar-refractivity contribution in [1.29, 1.82) is 0 Å². The molecular weight excluding hydrogens is 428 g/mol. The standard InChI is InChI=1S/C23H22N4O4S/c1-2-15-31-20-9-3-17(4-10-20)16-21-22(28)24-23(32-21)26-13-11-25(12-14-26)18-5-7-19(8-6-18)27(29)30/h2-10,16H,1,11-15H2. The third-order valence-corrected chi connectivity index (χ3v) is 6.18. The Kier molecular flexibility index (Phi) is 6.55. The zero-order valence-corrected chi connectivity index (χ0v) is 18.2. The van der Waals surface area contributed by atoms with Crippen LogP contribution < -0.4 is 9.64 Å². The summed E-state index contributed by atoms with van der Waals surface area (Å²) in [7, 11) is 0. The number of amidine groups is 1. The number of aliphatic imine (C=N–C) groups is 1. The molecule has 0 saturated carbocycles. The monoisotopic (exact) mass is 450 g/mol. The van der Waals surface area contributed by atoms with Crippen molar-refractivity contribution in [1.82, 2.24) is 4.90 Å².